The van der Waals surface area contributed by atoms with Crippen LogP contribution in [0.1, 0.15) is 5.82 Å². The highest BCUT2D eigenvalue weighted by Crippen LogP contribution is 2.29. The van der Waals surface area contributed by atoms with E-state index >= 15 is 0 Å². The monoisotopic (exact) mass is 308 g/mol. The Labute approximate surface area is 115 Å². The van der Waals surface area contributed by atoms with Crippen molar-refractivity contribution in [3.05, 3.63) is 45.6 Å². The van der Waals surface area contributed by atoms with Crippen LogP contribution < -0.4 is 0 Å². The summed E-state index contributed by atoms with van der Waals surface area (Å²) in [5.74, 6) is -1.87. The predicted molar refractivity (Wildman–Crippen MR) is 64.8 cm³/mol. The third-order valence-corrected chi connectivity index (χ3v) is 2.74. The van der Waals surface area contributed by atoms with Crippen LogP contribution in [-0.4, -0.2) is 9.97 Å². The zero-order valence-corrected chi connectivity index (χ0v) is 10.6. The van der Waals surface area contributed by atoms with Gasteiger partial charge < -0.3 is 4.98 Å². The molecule has 0 aliphatic heterocycles. The van der Waals surface area contributed by atoms with Crippen molar-refractivity contribution in [2.75, 3.05) is 0 Å². The van der Waals surface area contributed by atoms with Gasteiger partial charge in [-0.05, 0) is 29.8 Å². The summed E-state index contributed by atoms with van der Waals surface area (Å²) < 4.78 is 50.5. The van der Waals surface area contributed by atoms with Gasteiger partial charge in [0.05, 0.1) is 5.02 Å². The molecule has 19 heavy (non-hydrogen) atoms. The van der Waals surface area contributed by atoms with Gasteiger partial charge in [-0.1, -0.05) is 23.8 Å². The molecule has 0 fully saturated rings. The van der Waals surface area contributed by atoms with Crippen molar-refractivity contribution in [1.29, 1.82) is 0 Å². The Morgan fingerprint density at radius 1 is 1.21 bits per heavy atom. The standard InChI is InChI=1S/C11H5ClF4N2S/c12-6-3-5(1-2-7(6)13)8-4-9(19)18-10(17-8)11(14,15)16/h1-4H,(H,17,18,19). The van der Waals surface area contributed by atoms with Crippen LogP contribution in [0.25, 0.3) is 11.3 Å². The Hall–Kier alpha value is -1.47. The van der Waals surface area contributed by atoms with Gasteiger partial charge in [-0.25, -0.2) is 9.37 Å². The van der Waals surface area contributed by atoms with Gasteiger partial charge in [0.2, 0.25) is 5.82 Å². The second-order valence-electron chi connectivity index (χ2n) is 3.61. The van der Waals surface area contributed by atoms with Crippen molar-refractivity contribution in [2.45, 2.75) is 6.18 Å². The van der Waals surface area contributed by atoms with Crippen LogP contribution in [-0.2, 0) is 6.18 Å². The summed E-state index contributed by atoms with van der Waals surface area (Å²) in [5.41, 5.74) is 0.347. The second-order valence-corrected chi connectivity index (χ2v) is 4.43. The van der Waals surface area contributed by atoms with Crippen molar-refractivity contribution >= 4 is 23.8 Å². The molecule has 0 saturated heterocycles. The lowest BCUT2D eigenvalue weighted by Crippen LogP contribution is -2.11. The van der Waals surface area contributed by atoms with Crippen molar-refractivity contribution in [3.63, 3.8) is 0 Å². The van der Waals surface area contributed by atoms with Crippen LogP contribution in [0.2, 0.25) is 5.02 Å². The molecule has 1 aromatic carbocycles. The largest absolute Gasteiger partial charge is 0.449 e. The molecule has 1 aromatic heterocycles. The number of aromatic nitrogens is 2. The number of benzene rings is 1. The third-order valence-electron chi connectivity index (χ3n) is 2.24. The quantitative estimate of drug-likeness (QED) is 0.615. The minimum Gasteiger partial charge on any atom is -0.336 e. The van der Waals surface area contributed by atoms with Gasteiger partial charge in [-0.2, -0.15) is 13.2 Å². The summed E-state index contributed by atoms with van der Waals surface area (Å²) in [4.78, 5) is 5.30. The first-order valence-electron chi connectivity index (χ1n) is 4.91. The lowest BCUT2D eigenvalue weighted by molar-refractivity contribution is -0.144. The molecule has 8 heteroatoms. The smallest absolute Gasteiger partial charge is 0.336 e. The molecule has 100 valence electrons. The van der Waals surface area contributed by atoms with Crippen LogP contribution in [0.15, 0.2) is 24.3 Å². The van der Waals surface area contributed by atoms with Gasteiger partial charge in [-0.15, -0.1) is 0 Å². The number of rotatable bonds is 1. The third kappa shape index (κ3) is 3.10. The fraction of sp³-hybridized carbons (Fsp3) is 0.0909. The van der Waals surface area contributed by atoms with Gasteiger partial charge >= 0.3 is 6.18 Å². The Bertz CT molecular complexity index is 681. The number of hydrogen-bond acceptors (Lipinski definition) is 2. The fourth-order valence-corrected chi connectivity index (χ4v) is 1.80. The van der Waals surface area contributed by atoms with E-state index in [1.807, 2.05) is 0 Å². The van der Waals surface area contributed by atoms with Crippen molar-refractivity contribution in [3.8, 4) is 11.3 Å². The van der Waals surface area contributed by atoms with E-state index in [1.165, 1.54) is 18.2 Å². The van der Waals surface area contributed by atoms with Gasteiger partial charge in [0.1, 0.15) is 10.5 Å². The van der Waals surface area contributed by atoms with E-state index < -0.39 is 17.8 Å². The van der Waals surface area contributed by atoms with Crippen LogP contribution in [0.5, 0.6) is 0 Å². The molecule has 0 bridgehead atoms. The van der Waals surface area contributed by atoms with E-state index in [4.69, 9.17) is 11.6 Å². The first-order valence-corrected chi connectivity index (χ1v) is 5.70. The minimum absolute atomic E-state index is 0.0641. The van der Waals surface area contributed by atoms with Gasteiger partial charge in [0.25, 0.3) is 0 Å². The van der Waals surface area contributed by atoms with E-state index in [2.05, 4.69) is 22.2 Å². The molecule has 0 spiro atoms. The highest BCUT2D eigenvalue weighted by atomic mass is 35.5. The highest BCUT2D eigenvalue weighted by molar-refractivity contribution is 7.71. The number of nitrogens with one attached hydrogen (secondary N) is 1. The van der Waals surface area contributed by atoms with E-state index in [1.54, 1.807) is 0 Å². The SMILES string of the molecule is Fc1ccc(-c2cc(=S)nc(C(F)(F)F)[nH]2)cc1Cl. The molecule has 2 rings (SSSR count). The molecular formula is C11H5ClF4N2S. The molecule has 0 amide bonds. The maximum Gasteiger partial charge on any atom is 0.449 e. The highest BCUT2D eigenvalue weighted by Gasteiger charge is 2.34. The van der Waals surface area contributed by atoms with Crippen molar-refractivity contribution in [2.24, 2.45) is 0 Å². The Morgan fingerprint density at radius 2 is 1.89 bits per heavy atom. The first-order chi connectivity index (χ1) is 8.77. The number of aromatic amines is 1. The molecule has 0 aliphatic carbocycles. The predicted octanol–water partition coefficient (Wildman–Crippen LogP) is 4.62. The van der Waals surface area contributed by atoms with E-state index in [0.717, 1.165) is 6.07 Å². The Kier molecular flexibility index (Phi) is 3.60. The summed E-state index contributed by atoms with van der Waals surface area (Å²) >= 11 is 10.3. The van der Waals surface area contributed by atoms with E-state index in [-0.39, 0.29) is 20.9 Å². The molecule has 2 aromatic rings. The van der Waals surface area contributed by atoms with Gasteiger partial charge in [0.15, 0.2) is 0 Å². The maximum absolute atomic E-state index is 13.0. The zero-order valence-electron chi connectivity index (χ0n) is 9.05. The number of halogens is 5. The average Bonchev–Trinajstić information content (AvgIpc) is 2.31. The van der Waals surface area contributed by atoms with Crippen LogP contribution in [0.3, 0.4) is 0 Å². The zero-order chi connectivity index (χ0) is 14.2. The molecule has 1 heterocycles. The maximum atomic E-state index is 13.0. The van der Waals surface area contributed by atoms with Crippen molar-refractivity contribution < 1.29 is 17.6 Å². The molecule has 1 N–H and O–H groups in total. The van der Waals surface area contributed by atoms with Gasteiger partial charge in [0, 0.05) is 5.69 Å². The Morgan fingerprint density at radius 3 is 2.47 bits per heavy atom. The summed E-state index contributed by atoms with van der Waals surface area (Å²) in [7, 11) is 0. The average molecular weight is 309 g/mol. The normalized spacial score (nSPS) is 11.6. The second kappa shape index (κ2) is 4.90. The van der Waals surface area contributed by atoms with Crippen LogP contribution in [0, 0.1) is 10.5 Å². The number of hydrogen-bond donors (Lipinski definition) is 1. The summed E-state index contributed by atoms with van der Waals surface area (Å²) in [5, 5.41) is -0.192. The number of nitrogens with zero attached hydrogens (tertiary/aromatic N) is 1. The topological polar surface area (TPSA) is 28.7 Å². The van der Waals surface area contributed by atoms with E-state index in [9.17, 15) is 17.6 Å². The molecule has 0 aliphatic rings. The molecular weight excluding hydrogens is 304 g/mol. The molecule has 0 unspecified atom stereocenters. The molecule has 2 nitrogen and oxygen atoms in total. The summed E-state index contributed by atoms with van der Waals surface area (Å²) in [6.07, 6.45) is -4.65. The molecule has 0 saturated carbocycles. The van der Waals surface area contributed by atoms with Crippen LogP contribution >= 0.6 is 23.8 Å². The summed E-state index contributed by atoms with van der Waals surface area (Å²) in [6, 6.07) is 4.80. The lowest BCUT2D eigenvalue weighted by Gasteiger charge is -2.09. The Balaban J connectivity index is 2.59. The number of H-pyrrole nitrogens is 1. The minimum atomic E-state index is -4.65. The lowest BCUT2D eigenvalue weighted by atomic mass is 10.1. The molecule has 0 radical (unpaired) electrons. The van der Waals surface area contributed by atoms with Crippen LogP contribution in [0.4, 0.5) is 17.6 Å². The number of alkyl halides is 3. The molecule has 0 atom stereocenters. The summed E-state index contributed by atoms with van der Waals surface area (Å²) in [6.45, 7) is 0. The van der Waals surface area contributed by atoms with E-state index in [0.29, 0.717) is 0 Å². The van der Waals surface area contributed by atoms with Crippen molar-refractivity contribution in [1.82, 2.24) is 9.97 Å². The van der Waals surface area contributed by atoms with Gasteiger partial charge in [-0.3, -0.25) is 0 Å². The first kappa shape index (κ1) is 14.0. The fourth-order valence-electron chi connectivity index (χ4n) is 1.41.